The second kappa shape index (κ2) is 6.39. The molecule has 0 radical (unpaired) electrons. The molecule has 5 aromatic rings. The maximum atomic E-state index is 5.90. The third-order valence-corrected chi connectivity index (χ3v) is 5.56. The molecule has 7 nitrogen and oxygen atoms in total. The number of nitrogens with two attached hydrogens (primary N) is 1. The van der Waals surface area contributed by atoms with E-state index in [-0.39, 0.29) is 5.95 Å². The fourth-order valence-electron chi connectivity index (χ4n) is 3.42. The lowest BCUT2D eigenvalue weighted by Crippen LogP contribution is -2.02. The van der Waals surface area contributed by atoms with Gasteiger partial charge in [-0.3, -0.25) is 0 Å². The SMILES string of the molecule is Cn1cc(-c2nnc(N)nc2-c2c[nH]c3ccc(Br)cc23)c2cc(Br)cnc21. The van der Waals surface area contributed by atoms with E-state index in [1.807, 2.05) is 48.3 Å². The van der Waals surface area contributed by atoms with Gasteiger partial charge in [-0.2, -0.15) is 0 Å². The van der Waals surface area contributed by atoms with Gasteiger partial charge in [-0.1, -0.05) is 15.9 Å². The van der Waals surface area contributed by atoms with Crippen molar-refractivity contribution in [2.75, 3.05) is 5.73 Å². The Morgan fingerprint density at radius 2 is 1.82 bits per heavy atom. The zero-order chi connectivity index (χ0) is 19.4. The van der Waals surface area contributed by atoms with E-state index >= 15 is 0 Å². The number of pyridine rings is 1. The molecule has 4 aromatic heterocycles. The molecule has 138 valence electrons. The summed E-state index contributed by atoms with van der Waals surface area (Å²) >= 11 is 7.05. The van der Waals surface area contributed by atoms with Crippen molar-refractivity contribution < 1.29 is 0 Å². The summed E-state index contributed by atoms with van der Waals surface area (Å²) in [5, 5.41) is 10.4. The number of nitrogens with one attached hydrogen (secondary N) is 1. The van der Waals surface area contributed by atoms with Gasteiger partial charge in [0.05, 0.1) is 0 Å². The summed E-state index contributed by atoms with van der Waals surface area (Å²) in [5.74, 6) is 0.127. The number of fused-ring (bicyclic) bond motifs is 2. The Hall–Kier alpha value is -2.78. The summed E-state index contributed by atoms with van der Waals surface area (Å²) in [6.45, 7) is 0. The second-order valence-corrected chi connectivity index (χ2v) is 8.27. The first-order valence-electron chi connectivity index (χ1n) is 8.39. The van der Waals surface area contributed by atoms with Crippen LogP contribution in [0.5, 0.6) is 0 Å². The molecule has 28 heavy (non-hydrogen) atoms. The normalized spacial score (nSPS) is 11.5. The van der Waals surface area contributed by atoms with Gasteiger partial charge in [0.1, 0.15) is 17.0 Å². The van der Waals surface area contributed by atoms with E-state index in [1.54, 1.807) is 6.20 Å². The Labute approximate surface area is 176 Å². The molecule has 0 aliphatic carbocycles. The minimum atomic E-state index is 0.127. The zero-order valence-electron chi connectivity index (χ0n) is 14.6. The van der Waals surface area contributed by atoms with Crippen molar-refractivity contribution in [1.82, 2.24) is 29.7 Å². The van der Waals surface area contributed by atoms with Crippen LogP contribution in [0.1, 0.15) is 0 Å². The molecule has 0 aliphatic heterocycles. The van der Waals surface area contributed by atoms with Crippen LogP contribution in [0.4, 0.5) is 5.95 Å². The van der Waals surface area contributed by atoms with Gasteiger partial charge in [-0.05, 0) is 40.2 Å². The molecule has 1 aromatic carbocycles. The van der Waals surface area contributed by atoms with E-state index in [4.69, 9.17) is 5.73 Å². The average molecular weight is 499 g/mol. The van der Waals surface area contributed by atoms with Gasteiger partial charge in [0, 0.05) is 62.0 Å². The molecule has 9 heteroatoms. The molecule has 0 spiro atoms. The summed E-state index contributed by atoms with van der Waals surface area (Å²) in [5.41, 5.74) is 10.9. The Bertz CT molecular complexity index is 1370. The minimum absolute atomic E-state index is 0.127. The minimum Gasteiger partial charge on any atom is -0.366 e. The number of hydrogen-bond acceptors (Lipinski definition) is 5. The topological polar surface area (TPSA) is 98.3 Å². The van der Waals surface area contributed by atoms with Crippen LogP contribution < -0.4 is 5.73 Å². The van der Waals surface area contributed by atoms with E-state index < -0.39 is 0 Å². The molecule has 0 amide bonds. The highest BCUT2D eigenvalue weighted by atomic mass is 79.9. The van der Waals surface area contributed by atoms with Crippen LogP contribution in [0.15, 0.2) is 51.8 Å². The predicted molar refractivity (Wildman–Crippen MR) is 117 cm³/mol. The van der Waals surface area contributed by atoms with Crippen molar-refractivity contribution in [3.63, 3.8) is 0 Å². The molecule has 0 fully saturated rings. The molecule has 3 N–H and O–H groups in total. The van der Waals surface area contributed by atoms with Crippen LogP contribution in [0.2, 0.25) is 0 Å². The maximum absolute atomic E-state index is 5.90. The first kappa shape index (κ1) is 17.3. The Morgan fingerprint density at radius 1 is 1.00 bits per heavy atom. The van der Waals surface area contributed by atoms with Gasteiger partial charge in [-0.15, -0.1) is 10.2 Å². The van der Waals surface area contributed by atoms with Crippen LogP contribution >= 0.6 is 31.9 Å². The van der Waals surface area contributed by atoms with Gasteiger partial charge in [0.15, 0.2) is 0 Å². The molecule has 0 unspecified atom stereocenters. The van der Waals surface area contributed by atoms with E-state index in [0.717, 1.165) is 42.0 Å². The molecule has 0 aliphatic rings. The predicted octanol–water partition coefficient (Wildman–Crippen LogP) is 4.68. The summed E-state index contributed by atoms with van der Waals surface area (Å²) in [6, 6.07) is 8.07. The number of halogens is 2. The lowest BCUT2D eigenvalue weighted by Gasteiger charge is -2.07. The Morgan fingerprint density at radius 3 is 2.68 bits per heavy atom. The van der Waals surface area contributed by atoms with Crippen molar-refractivity contribution in [2.24, 2.45) is 7.05 Å². The number of benzene rings is 1. The van der Waals surface area contributed by atoms with Crippen LogP contribution in [-0.4, -0.2) is 29.7 Å². The summed E-state index contributed by atoms with van der Waals surface area (Å²) in [6.07, 6.45) is 5.68. The third kappa shape index (κ3) is 2.70. The smallest absolute Gasteiger partial charge is 0.240 e. The molecule has 0 atom stereocenters. The number of nitrogens with zero attached hydrogens (tertiary/aromatic N) is 5. The molecule has 5 rings (SSSR count). The van der Waals surface area contributed by atoms with Gasteiger partial charge >= 0.3 is 0 Å². The summed E-state index contributed by atoms with van der Waals surface area (Å²) in [7, 11) is 1.95. The van der Waals surface area contributed by atoms with E-state index in [9.17, 15) is 0 Å². The van der Waals surface area contributed by atoms with E-state index in [1.165, 1.54) is 0 Å². The fraction of sp³-hybridized carbons (Fsp3) is 0.0526. The van der Waals surface area contributed by atoms with Crippen molar-refractivity contribution in [3.8, 4) is 22.5 Å². The first-order valence-corrected chi connectivity index (χ1v) is 9.98. The highest BCUT2D eigenvalue weighted by Gasteiger charge is 2.20. The van der Waals surface area contributed by atoms with Gasteiger partial charge in [0.2, 0.25) is 5.95 Å². The number of H-pyrrole nitrogens is 1. The number of anilines is 1. The average Bonchev–Trinajstić information content (AvgIpc) is 3.22. The number of nitrogen functional groups attached to an aromatic ring is 1. The standard InChI is InChI=1S/C19H13Br2N7/c1-28-8-14(12-5-10(21)6-24-18(12)28)17-16(25-19(22)27-26-17)13-7-23-15-3-2-9(20)4-11(13)15/h2-8,23H,1H3,(H2,22,25,27). The molecule has 0 bridgehead atoms. The van der Waals surface area contributed by atoms with Crippen LogP contribution in [0, 0.1) is 0 Å². The quantitative estimate of drug-likeness (QED) is 0.368. The van der Waals surface area contributed by atoms with Crippen molar-refractivity contribution in [3.05, 3.63) is 51.8 Å². The Balaban J connectivity index is 1.84. The summed E-state index contributed by atoms with van der Waals surface area (Å²) in [4.78, 5) is 12.3. The second-order valence-electron chi connectivity index (χ2n) is 6.44. The van der Waals surface area contributed by atoms with Crippen molar-refractivity contribution in [2.45, 2.75) is 0 Å². The largest absolute Gasteiger partial charge is 0.366 e. The highest BCUT2D eigenvalue weighted by Crippen LogP contribution is 2.38. The third-order valence-electron chi connectivity index (χ3n) is 4.64. The summed E-state index contributed by atoms with van der Waals surface area (Å²) < 4.78 is 3.84. The maximum Gasteiger partial charge on any atom is 0.240 e. The number of rotatable bonds is 2. The zero-order valence-corrected chi connectivity index (χ0v) is 17.8. The lowest BCUT2D eigenvalue weighted by molar-refractivity contribution is 0.945. The lowest BCUT2D eigenvalue weighted by atomic mass is 10.0. The van der Waals surface area contributed by atoms with Gasteiger partial charge < -0.3 is 15.3 Å². The molecule has 4 heterocycles. The molecular weight excluding hydrogens is 486 g/mol. The first-order chi connectivity index (χ1) is 13.5. The molecule has 0 saturated carbocycles. The van der Waals surface area contributed by atoms with E-state index in [2.05, 4.69) is 57.0 Å². The van der Waals surface area contributed by atoms with Gasteiger partial charge in [-0.25, -0.2) is 9.97 Å². The molecular formula is C19H13Br2N7. The number of aryl methyl sites for hydroxylation is 1. The number of aromatic amines is 1. The number of hydrogen-bond donors (Lipinski definition) is 2. The van der Waals surface area contributed by atoms with Crippen LogP contribution in [-0.2, 0) is 7.05 Å². The van der Waals surface area contributed by atoms with Gasteiger partial charge in [0.25, 0.3) is 0 Å². The van der Waals surface area contributed by atoms with Crippen molar-refractivity contribution in [1.29, 1.82) is 0 Å². The fourth-order valence-corrected chi connectivity index (χ4v) is 4.11. The monoisotopic (exact) mass is 497 g/mol. The van der Waals surface area contributed by atoms with E-state index in [0.29, 0.717) is 11.4 Å². The van der Waals surface area contributed by atoms with Crippen LogP contribution in [0.25, 0.3) is 44.5 Å². The Kier molecular flexibility index (Phi) is 3.95. The van der Waals surface area contributed by atoms with Crippen molar-refractivity contribution >= 4 is 59.7 Å². The molecule has 0 saturated heterocycles. The highest BCUT2D eigenvalue weighted by molar-refractivity contribution is 9.10. The van der Waals surface area contributed by atoms with Crippen LogP contribution in [0.3, 0.4) is 0 Å². The number of aromatic nitrogens is 6.